The van der Waals surface area contributed by atoms with Crippen LogP contribution >= 0.6 is 0 Å². The van der Waals surface area contributed by atoms with Gasteiger partial charge in [-0.3, -0.25) is 4.79 Å². The highest BCUT2D eigenvalue weighted by molar-refractivity contribution is 5.94. The average Bonchev–Trinajstić information content (AvgIpc) is 2.53. The van der Waals surface area contributed by atoms with Crippen LogP contribution in [0.2, 0.25) is 0 Å². The third kappa shape index (κ3) is 3.92. The highest BCUT2D eigenvalue weighted by Gasteiger charge is 2.05. The Morgan fingerprint density at radius 3 is 2.33 bits per heavy atom. The van der Waals surface area contributed by atoms with Crippen LogP contribution in [0.25, 0.3) is 0 Å². The molecule has 0 radical (unpaired) electrons. The average molecular weight is 284 g/mol. The summed E-state index contributed by atoms with van der Waals surface area (Å²) in [7, 11) is 1.34. The summed E-state index contributed by atoms with van der Waals surface area (Å²) in [6.07, 6.45) is 0. The van der Waals surface area contributed by atoms with E-state index in [0.29, 0.717) is 23.5 Å². The van der Waals surface area contributed by atoms with E-state index in [-0.39, 0.29) is 11.8 Å². The van der Waals surface area contributed by atoms with Gasteiger partial charge in [0, 0.05) is 5.56 Å². The molecule has 0 aromatic heterocycles. The predicted molar refractivity (Wildman–Crippen MR) is 78.6 cm³/mol. The molecule has 0 aliphatic carbocycles. The molecule has 0 aliphatic heterocycles. The minimum absolute atomic E-state index is 0.0271. The van der Waals surface area contributed by atoms with Crippen LogP contribution in [0.15, 0.2) is 48.5 Å². The SMILES string of the molecule is COC(=O)c1ccc(OCc2cccc(C(C)=O)c2)cc1. The Morgan fingerprint density at radius 2 is 1.71 bits per heavy atom. The number of Topliss-reactive ketones (excluding diaryl/α,β-unsaturated/α-hetero) is 1. The Balaban J connectivity index is 2.01. The van der Waals surface area contributed by atoms with Crippen LogP contribution in [0.5, 0.6) is 5.75 Å². The van der Waals surface area contributed by atoms with Gasteiger partial charge in [0.25, 0.3) is 0 Å². The third-order valence-electron chi connectivity index (χ3n) is 3.01. The zero-order chi connectivity index (χ0) is 15.2. The topological polar surface area (TPSA) is 52.6 Å². The van der Waals surface area contributed by atoms with Crippen LogP contribution in [-0.2, 0) is 11.3 Å². The largest absolute Gasteiger partial charge is 0.489 e. The number of rotatable bonds is 5. The van der Waals surface area contributed by atoms with Crippen molar-refractivity contribution in [3.63, 3.8) is 0 Å². The molecule has 0 saturated heterocycles. The van der Waals surface area contributed by atoms with Crippen LogP contribution in [0, 0.1) is 0 Å². The summed E-state index contributed by atoms with van der Waals surface area (Å²) in [4.78, 5) is 22.6. The van der Waals surface area contributed by atoms with Gasteiger partial charge in [0.1, 0.15) is 12.4 Å². The molecule has 2 aromatic rings. The molecule has 0 bridgehead atoms. The first-order chi connectivity index (χ1) is 10.1. The summed E-state index contributed by atoms with van der Waals surface area (Å²) < 4.78 is 10.3. The van der Waals surface area contributed by atoms with E-state index >= 15 is 0 Å². The highest BCUT2D eigenvalue weighted by atomic mass is 16.5. The van der Waals surface area contributed by atoms with Gasteiger partial charge < -0.3 is 9.47 Å². The molecule has 2 rings (SSSR count). The maximum absolute atomic E-state index is 11.3. The van der Waals surface area contributed by atoms with Gasteiger partial charge in [-0.1, -0.05) is 18.2 Å². The van der Waals surface area contributed by atoms with Gasteiger partial charge in [0.2, 0.25) is 0 Å². The van der Waals surface area contributed by atoms with Crippen LogP contribution in [0.4, 0.5) is 0 Å². The van der Waals surface area contributed by atoms with E-state index in [2.05, 4.69) is 4.74 Å². The molecule has 0 aliphatic rings. The second kappa shape index (κ2) is 6.70. The summed E-state index contributed by atoms with van der Waals surface area (Å²) in [5, 5.41) is 0. The van der Waals surface area contributed by atoms with E-state index in [9.17, 15) is 9.59 Å². The van der Waals surface area contributed by atoms with E-state index in [1.807, 2.05) is 18.2 Å². The van der Waals surface area contributed by atoms with Crippen LogP contribution in [0.1, 0.15) is 33.2 Å². The van der Waals surface area contributed by atoms with Crippen molar-refractivity contribution in [2.45, 2.75) is 13.5 Å². The summed E-state index contributed by atoms with van der Waals surface area (Å²) in [5.74, 6) is 0.297. The summed E-state index contributed by atoms with van der Waals surface area (Å²) in [5.41, 5.74) is 2.06. The third-order valence-corrected chi connectivity index (χ3v) is 3.01. The van der Waals surface area contributed by atoms with Crippen molar-refractivity contribution in [1.82, 2.24) is 0 Å². The lowest BCUT2D eigenvalue weighted by Gasteiger charge is -2.07. The molecule has 0 unspecified atom stereocenters. The maximum atomic E-state index is 11.3. The molecular weight excluding hydrogens is 268 g/mol. The molecule has 21 heavy (non-hydrogen) atoms. The molecule has 0 atom stereocenters. The van der Waals surface area contributed by atoms with Gasteiger partial charge >= 0.3 is 5.97 Å². The first kappa shape index (κ1) is 14.8. The van der Waals surface area contributed by atoms with Crippen molar-refractivity contribution < 1.29 is 19.1 Å². The molecule has 2 aromatic carbocycles. The van der Waals surface area contributed by atoms with E-state index < -0.39 is 0 Å². The van der Waals surface area contributed by atoms with Crippen LogP contribution in [0.3, 0.4) is 0 Å². The first-order valence-corrected chi connectivity index (χ1v) is 6.51. The zero-order valence-corrected chi connectivity index (χ0v) is 12.0. The number of carbonyl (C=O) groups is 2. The lowest BCUT2D eigenvalue weighted by atomic mass is 10.1. The monoisotopic (exact) mass is 284 g/mol. The molecule has 0 amide bonds. The smallest absolute Gasteiger partial charge is 0.337 e. The Kier molecular flexibility index (Phi) is 4.72. The van der Waals surface area contributed by atoms with Crippen molar-refractivity contribution >= 4 is 11.8 Å². The number of ether oxygens (including phenoxy) is 2. The second-order valence-electron chi connectivity index (χ2n) is 4.56. The standard InChI is InChI=1S/C17H16O4/c1-12(18)15-5-3-4-13(10-15)11-21-16-8-6-14(7-9-16)17(19)20-2/h3-10H,11H2,1-2H3. The summed E-state index contributed by atoms with van der Waals surface area (Å²) in [6.45, 7) is 1.89. The number of hydrogen-bond acceptors (Lipinski definition) is 4. The van der Waals surface area contributed by atoms with Gasteiger partial charge in [-0.25, -0.2) is 4.79 Å². The fourth-order valence-corrected chi connectivity index (χ4v) is 1.85. The van der Waals surface area contributed by atoms with Gasteiger partial charge in [-0.15, -0.1) is 0 Å². The summed E-state index contributed by atoms with van der Waals surface area (Å²) in [6, 6.07) is 14.0. The number of ketones is 1. The molecule has 0 spiro atoms. The first-order valence-electron chi connectivity index (χ1n) is 6.51. The molecule has 0 heterocycles. The number of benzene rings is 2. The van der Waals surface area contributed by atoms with Gasteiger partial charge in [-0.2, -0.15) is 0 Å². The van der Waals surface area contributed by atoms with Crippen LogP contribution < -0.4 is 4.74 Å². The van der Waals surface area contributed by atoms with Gasteiger partial charge in [-0.05, 0) is 42.8 Å². The number of methoxy groups -OCH3 is 1. The molecule has 0 N–H and O–H groups in total. The van der Waals surface area contributed by atoms with Crippen LogP contribution in [-0.4, -0.2) is 18.9 Å². The maximum Gasteiger partial charge on any atom is 0.337 e. The number of carbonyl (C=O) groups excluding carboxylic acids is 2. The normalized spacial score (nSPS) is 10.0. The summed E-state index contributed by atoms with van der Waals surface area (Å²) >= 11 is 0. The van der Waals surface area contributed by atoms with Crippen molar-refractivity contribution in [3.05, 3.63) is 65.2 Å². The Morgan fingerprint density at radius 1 is 1.00 bits per heavy atom. The van der Waals surface area contributed by atoms with Crippen molar-refractivity contribution in [1.29, 1.82) is 0 Å². The van der Waals surface area contributed by atoms with Crippen molar-refractivity contribution in [3.8, 4) is 5.75 Å². The Bertz CT molecular complexity index is 644. The van der Waals surface area contributed by atoms with E-state index in [4.69, 9.17) is 4.74 Å². The molecule has 0 saturated carbocycles. The quantitative estimate of drug-likeness (QED) is 0.624. The van der Waals surface area contributed by atoms with Crippen molar-refractivity contribution in [2.24, 2.45) is 0 Å². The van der Waals surface area contributed by atoms with E-state index in [1.165, 1.54) is 14.0 Å². The molecule has 0 fully saturated rings. The second-order valence-corrected chi connectivity index (χ2v) is 4.56. The van der Waals surface area contributed by atoms with Crippen molar-refractivity contribution in [2.75, 3.05) is 7.11 Å². The van der Waals surface area contributed by atoms with Gasteiger partial charge in [0.15, 0.2) is 5.78 Å². The fourth-order valence-electron chi connectivity index (χ4n) is 1.85. The number of hydrogen-bond donors (Lipinski definition) is 0. The Hall–Kier alpha value is -2.62. The minimum atomic E-state index is -0.379. The fraction of sp³-hybridized carbons (Fsp3) is 0.176. The molecule has 108 valence electrons. The molecule has 4 heteroatoms. The predicted octanol–water partition coefficient (Wildman–Crippen LogP) is 3.25. The highest BCUT2D eigenvalue weighted by Crippen LogP contribution is 2.15. The van der Waals surface area contributed by atoms with E-state index in [1.54, 1.807) is 30.3 Å². The number of esters is 1. The lowest BCUT2D eigenvalue weighted by molar-refractivity contribution is 0.0600. The molecule has 4 nitrogen and oxygen atoms in total. The Labute approximate surface area is 123 Å². The lowest BCUT2D eigenvalue weighted by Crippen LogP contribution is -2.01. The van der Waals surface area contributed by atoms with Gasteiger partial charge in [0.05, 0.1) is 12.7 Å². The zero-order valence-electron chi connectivity index (χ0n) is 12.0. The minimum Gasteiger partial charge on any atom is -0.489 e. The van der Waals surface area contributed by atoms with E-state index in [0.717, 1.165) is 5.56 Å². The molecular formula is C17H16O4.